The van der Waals surface area contributed by atoms with E-state index >= 15 is 0 Å². The van der Waals surface area contributed by atoms with Crippen LogP contribution in [0.3, 0.4) is 0 Å². The lowest BCUT2D eigenvalue weighted by Gasteiger charge is -2.26. The van der Waals surface area contributed by atoms with Crippen molar-refractivity contribution in [1.29, 1.82) is 0 Å². The van der Waals surface area contributed by atoms with Crippen LogP contribution in [0.5, 0.6) is 0 Å². The van der Waals surface area contributed by atoms with Gasteiger partial charge in [0.15, 0.2) is 0 Å². The molecule has 3 rings (SSSR count). The Bertz CT molecular complexity index is 958. The first-order valence-corrected chi connectivity index (χ1v) is 10.7. The number of carbonyl (C=O) groups is 1. The van der Waals surface area contributed by atoms with Crippen LogP contribution >= 0.6 is 11.6 Å². The average Bonchev–Trinajstić information content (AvgIpc) is 2.66. The van der Waals surface area contributed by atoms with Crippen LogP contribution in [0.15, 0.2) is 47.4 Å². The van der Waals surface area contributed by atoms with Crippen molar-refractivity contribution in [2.45, 2.75) is 42.7 Å². The Kier molecular flexibility index (Phi) is 6.22. The maximum atomic E-state index is 13.2. The summed E-state index contributed by atoms with van der Waals surface area (Å²) in [7, 11) is -3.94. The number of halogens is 2. The van der Waals surface area contributed by atoms with Crippen molar-refractivity contribution in [3.63, 3.8) is 0 Å². The molecule has 1 amide bonds. The monoisotopic (exact) mass is 426 g/mol. The lowest BCUT2D eigenvalue weighted by molar-refractivity contribution is 0.0867. The molecule has 0 aromatic heterocycles. The number of benzene rings is 2. The maximum Gasteiger partial charge on any atom is 0.261 e. The third-order valence-corrected chi connectivity index (χ3v) is 6.30. The first-order chi connectivity index (χ1) is 13.2. The number of nitrogens with one attached hydrogen (secondary N) is 2. The highest BCUT2D eigenvalue weighted by Gasteiger charge is 2.21. The molecule has 1 saturated carbocycles. The Hall–Kier alpha value is -2.16. The predicted octanol–water partition coefficient (Wildman–Crippen LogP) is 3.31. The van der Waals surface area contributed by atoms with Gasteiger partial charge in [0.2, 0.25) is 0 Å². The number of hydrogen-bond donors (Lipinski definition) is 3. The Morgan fingerprint density at radius 3 is 2.32 bits per heavy atom. The van der Waals surface area contributed by atoms with E-state index in [1.165, 1.54) is 24.3 Å². The van der Waals surface area contributed by atoms with Gasteiger partial charge in [0.1, 0.15) is 5.82 Å². The van der Waals surface area contributed by atoms with Gasteiger partial charge >= 0.3 is 0 Å². The van der Waals surface area contributed by atoms with Crippen LogP contribution in [0.25, 0.3) is 0 Å². The van der Waals surface area contributed by atoms with Gasteiger partial charge in [0.05, 0.1) is 16.0 Å². The van der Waals surface area contributed by atoms with Gasteiger partial charge in [0.25, 0.3) is 15.9 Å². The van der Waals surface area contributed by atoms with Crippen LogP contribution in [-0.2, 0) is 10.0 Å². The van der Waals surface area contributed by atoms with E-state index in [1.807, 2.05) is 0 Å². The summed E-state index contributed by atoms with van der Waals surface area (Å²) in [6.07, 6.45) is 2.49. The fourth-order valence-electron chi connectivity index (χ4n) is 3.04. The molecule has 28 heavy (non-hydrogen) atoms. The average molecular weight is 427 g/mol. The van der Waals surface area contributed by atoms with E-state index in [1.54, 1.807) is 0 Å². The minimum absolute atomic E-state index is 0.0253. The summed E-state index contributed by atoms with van der Waals surface area (Å²) in [6.45, 7) is 0. The molecule has 1 aliphatic rings. The molecule has 9 heteroatoms. The van der Waals surface area contributed by atoms with Gasteiger partial charge in [-0.1, -0.05) is 11.6 Å². The maximum absolute atomic E-state index is 13.2. The van der Waals surface area contributed by atoms with Crippen LogP contribution in [0, 0.1) is 5.82 Å². The SMILES string of the molecule is O=C(NC1CCC(O)CC1)c1ccc(NS(=O)(=O)c2ccc(F)c(Cl)c2)cc1. The largest absolute Gasteiger partial charge is 0.393 e. The molecule has 2 aromatic rings. The number of anilines is 1. The van der Waals surface area contributed by atoms with Crippen molar-refractivity contribution in [3.05, 3.63) is 58.9 Å². The molecule has 1 aliphatic carbocycles. The zero-order valence-electron chi connectivity index (χ0n) is 14.9. The Morgan fingerprint density at radius 1 is 1.07 bits per heavy atom. The van der Waals surface area contributed by atoms with Gasteiger partial charge in [-0.3, -0.25) is 9.52 Å². The lowest BCUT2D eigenvalue weighted by Crippen LogP contribution is -2.38. The molecule has 0 radical (unpaired) electrons. The number of amides is 1. The second-order valence-corrected chi connectivity index (χ2v) is 8.83. The Morgan fingerprint density at radius 2 is 1.71 bits per heavy atom. The molecule has 1 fully saturated rings. The summed E-state index contributed by atoms with van der Waals surface area (Å²) in [4.78, 5) is 12.2. The molecule has 0 heterocycles. The molecule has 6 nitrogen and oxygen atoms in total. The Balaban J connectivity index is 1.65. The lowest BCUT2D eigenvalue weighted by atomic mass is 9.93. The van der Waals surface area contributed by atoms with E-state index in [-0.39, 0.29) is 33.7 Å². The van der Waals surface area contributed by atoms with E-state index in [0.717, 1.165) is 31.0 Å². The van der Waals surface area contributed by atoms with Crippen molar-refractivity contribution < 1.29 is 22.7 Å². The number of rotatable bonds is 5. The fraction of sp³-hybridized carbons (Fsp3) is 0.316. The number of hydrogen-bond acceptors (Lipinski definition) is 4. The first-order valence-electron chi connectivity index (χ1n) is 8.81. The molecule has 0 atom stereocenters. The van der Waals surface area contributed by atoms with Gasteiger partial charge in [-0.05, 0) is 68.1 Å². The highest BCUT2D eigenvalue weighted by Crippen LogP contribution is 2.22. The van der Waals surface area contributed by atoms with Gasteiger partial charge in [-0.25, -0.2) is 12.8 Å². The van der Waals surface area contributed by atoms with Crippen LogP contribution < -0.4 is 10.0 Å². The van der Waals surface area contributed by atoms with Gasteiger partial charge in [0, 0.05) is 17.3 Å². The van der Waals surface area contributed by atoms with Crippen LogP contribution in [0.1, 0.15) is 36.0 Å². The van der Waals surface area contributed by atoms with E-state index < -0.39 is 15.8 Å². The zero-order chi connectivity index (χ0) is 20.3. The summed E-state index contributed by atoms with van der Waals surface area (Å²) in [5.41, 5.74) is 0.664. The standard InChI is InChI=1S/C19H20ClFN2O4S/c20-17-11-16(9-10-18(17)21)28(26,27)23-14-3-1-12(2-4-14)19(25)22-13-5-7-15(24)8-6-13/h1-4,9-11,13,15,23-24H,5-8H2,(H,22,25). The van der Waals surface area contributed by atoms with Crippen molar-refractivity contribution in [2.24, 2.45) is 0 Å². The quantitative estimate of drug-likeness (QED) is 0.683. The molecule has 2 aromatic carbocycles. The number of sulfonamides is 1. The van der Waals surface area contributed by atoms with E-state index in [4.69, 9.17) is 11.6 Å². The fourth-order valence-corrected chi connectivity index (χ4v) is 4.37. The topological polar surface area (TPSA) is 95.5 Å². The van der Waals surface area contributed by atoms with Crippen LogP contribution in [0.2, 0.25) is 5.02 Å². The number of aliphatic hydroxyl groups excluding tert-OH is 1. The van der Waals surface area contributed by atoms with Crippen molar-refractivity contribution in [1.82, 2.24) is 5.32 Å². The van der Waals surface area contributed by atoms with Crippen molar-refractivity contribution in [2.75, 3.05) is 4.72 Å². The van der Waals surface area contributed by atoms with Crippen LogP contribution in [0.4, 0.5) is 10.1 Å². The van der Waals surface area contributed by atoms with Crippen LogP contribution in [-0.4, -0.2) is 31.6 Å². The third kappa shape index (κ3) is 5.01. The van der Waals surface area contributed by atoms with Crippen molar-refractivity contribution in [3.8, 4) is 0 Å². The van der Waals surface area contributed by atoms with Gasteiger partial charge in [-0.15, -0.1) is 0 Å². The number of carbonyl (C=O) groups excluding carboxylic acids is 1. The summed E-state index contributed by atoms with van der Waals surface area (Å²) in [5, 5.41) is 12.2. The number of aliphatic hydroxyl groups is 1. The first kappa shape index (κ1) is 20.6. The molecule has 0 unspecified atom stereocenters. The van der Waals surface area contributed by atoms with Gasteiger partial charge in [-0.2, -0.15) is 0 Å². The zero-order valence-corrected chi connectivity index (χ0v) is 16.4. The van der Waals surface area contributed by atoms with Gasteiger partial charge < -0.3 is 10.4 Å². The highest BCUT2D eigenvalue weighted by molar-refractivity contribution is 7.92. The molecule has 0 aliphatic heterocycles. The van der Waals surface area contributed by atoms with E-state index in [9.17, 15) is 22.7 Å². The second-order valence-electron chi connectivity index (χ2n) is 6.74. The molecule has 0 spiro atoms. The molecular weight excluding hydrogens is 407 g/mol. The normalized spacial score (nSPS) is 19.8. The van der Waals surface area contributed by atoms with E-state index in [0.29, 0.717) is 18.4 Å². The molecule has 150 valence electrons. The summed E-state index contributed by atoms with van der Waals surface area (Å²) in [5.74, 6) is -0.954. The smallest absolute Gasteiger partial charge is 0.261 e. The predicted molar refractivity (Wildman–Crippen MR) is 104 cm³/mol. The summed E-state index contributed by atoms with van der Waals surface area (Å²) < 4.78 is 40.4. The minimum Gasteiger partial charge on any atom is -0.393 e. The summed E-state index contributed by atoms with van der Waals surface area (Å²) >= 11 is 5.64. The Labute approximate surface area is 167 Å². The molecular formula is C19H20ClFN2O4S. The summed E-state index contributed by atoms with van der Waals surface area (Å²) in [6, 6.07) is 9.14. The second kappa shape index (κ2) is 8.46. The molecule has 0 saturated heterocycles. The third-order valence-electron chi connectivity index (χ3n) is 4.63. The molecule has 3 N–H and O–H groups in total. The van der Waals surface area contributed by atoms with E-state index in [2.05, 4.69) is 10.0 Å². The van der Waals surface area contributed by atoms with Crippen molar-refractivity contribution >= 4 is 33.2 Å². The molecule has 0 bridgehead atoms. The highest BCUT2D eigenvalue weighted by atomic mass is 35.5. The minimum atomic E-state index is -3.94.